The molecule has 9 nitrogen and oxygen atoms in total. The highest BCUT2D eigenvalue weighted by molar-refractivity contribution is 5.82. The van der Waals surface area contributed by atoms with Crippen LogP contribution in [0.3, 0.4) is 0 Å². The summed E-state index contributed by atoms with van der Waals surface area (Å²) in [5, 5.41) is 11.5. The third-order valence-corrected chi connectivity index (χ3v) is 5.04. The highest BCUT2D eigenvalue weighted by Crippen LogP contribution is 2.18. The molecule has 1 aliphatic heterocycles. The number of rotatable bonds is 8. The summed E-state index contributed by atoms with van der Waals surface area (Å²) in [6, 6.07) is 5.62. The van der Waals surface area contributed by atoms with Crippen LogP contribution in [0.2, 0.25) is 0 Å². The van der Waals surface area contributed by atoms with Crippen LogP contribution in [-0.4, -0.2) is 65.7 Å². The molecule has 180 valence electrons. The minimum Gasteiger partial charge on any atom is -0.465 e. The number of likely N-dealkylation sites (tertiary alicyclic amines) is 1. The summed E-state index contributed by atoms with van der Waals surface area (Å²) in [6.45, 7) is 4.30. The van der Waals surface area contributed by atoms with Crippen LogP contribution >= 0.6 is 0 Å². The van der Waals surface area contributed by atoms with E-state index in [0.717, 1.165) is 17.7 Å². The van der Waals surface area contributed by atoms with Gasteiger partial charge in [0.25, 0.3) is 0 Å². The Labute approximate surface area is 186 Å². The summed E-state index contributed by atoms with van der Waals surface area (Å²) in [5.41, 5.74) is 6.36. The maximum Gasteiger partial charge on any atom is 0.409 e. The number of hydrogen-bond donors (Lipinski definition) is 3. The summed E-state index contributed by atoms with van der Waals surface area (Å²) in [5.74, 6) is 0.527. The van der Waals surface area contributed by atoms with Gasteiger partial charge in [0.15, 0.2) is 0 Å². The van der Waals surface area contributed by atoms with Crippen molar-refractivity contribution < 1.29 is 33.0 Å². The molecule has 0 spiro atoms. The first-order chi connectivity index (χ1) is 15.0. The zero-order valence-electron chi connectivity index (χ0n) is 18.5. The van der Waals surface area contributed by atoms with E-state index in [1.807, 2.05) is 13.8 Å². The van der Waals surface area contributed by atoms with E-state index in [9.17, 15) is 23.2 Å². The molecule has 1 atom stereocenters. The van der Waals surface area contributed by atoms with Gasteiger partial charge in [0.2, 0.25) is 12.3 Å². The number of piperidine rings is 1. The van der Waals surface area contributed by atoms with E-state index in [-0.39, 0.29) is 24.1 Å². The number of benzene rings is 1. The number of carbonyl (C=O) groups excluding carboxylic acids is 2. The number of carbonyl (C=O) groups is 3. The minimum atomic E-state index is -2.83. The summed E-state index contributed by atoms with van der Waals surface area (Å²) in [6.07, 6.45) is 0.678. The molecule has 4 N–H and O–H groups in total. The second-order valence-electron chi connectivity index (χ2n) is 7.87. The van der Waals surface area contributed by atoms with Crippen molar-refractivity contribution in [1.29, 1.82) is 0 Å². The molecule has 1 saturated heterocycles. The van der Waals surface area contributed by atoms with Crippen molar-refractivity contribution >= 4 is 24.1 Å². The van der Waals surface area contributed by atoms with Gasteiger partial charge in [-0.25, -0.2) is 4.79 Å². The summed E-state index contributed by atoms with van der Waals surface area (Å²) in [7, 11) is 0. The molecule has 0 bridgehead atoms. The summed E-state index contributed by atoms with van der Waals surface area (Å²) in [4.78, 5) is 36.0. The molecule has 0 saturated carbocycles. The average molecular weight is 459 g/mol. The third kappa shape index (κ3) is 9.46. The van der Waals surface area contributed by atoms with Gasteiger partial charge < -0.3 is 25.8 Å². The van der Waals surface area contributed by atoms with E-state index in [2.05, 4.69) is 17.0 Å². The highest BCUT2D eigenvalue weighted by Gasteiger charge is 2.28. The van der Waals surface area contributed by atoms with Gasteiger partial charge in [0, 0.05) is 18.8 Å². The number of anilines is 1. The fraction of sp³-hybridized carbons (Fsp3) is 0.571. The van der Waals surface area contributed by atoms with Crippen molar-refractivity contribution in [1.82, 2.24) is 9.80 Å². The first-order valence-corrected chi connectivity index (χ1v) is 10.3. The standard InChI is InChI=1S/C13H25N3O3.C8H7F2NO2/c1-9(2)12(14)16(13(18)19)8-11(17)15-6-4-10(3)5-7-15;9-8(10)13-7-3-1-6(2-4-7)11-5-12/h9-10,12H,4-8,14H2,1-3H3,(H,18,19);1-5,8H,(H,11,12). The Hall–Kier alpha value is -2.95. The number of halogens is 2. The fourth-order valence-corrected chi connectivity index (χ4v) is 2.96. The molecule has 1 aromatic carbocycles. The Bertz CT molecular complexity index is 725. The predicted molar refractivity (Wildman–Crippen MR) is 115 cm³/mol. The summed E-state index contributed by atoms with van der Waals surface area (Å²) >= 11 is 0. The first kappa shape index (κ1) is 27.1. The number of nitrogens with two attached hydrogens (primary N) is 1. The maximum absolute atomic E-state index is 12.1. The topological polar surface area (TPSA) is 125 Å². The van der Waals surface area contributed by atoms with Crippen molar-refractivity contribution in [2.24, 2.45) is 17.6 Å². The van der Waals surface area contributed by atoms with E-state index in [4.69, 9.17) is 10.8 Å². The van der Waals surface area contributed by atoms with Gasteiger partial charge in [0.05, 0.1) is 6.17 Å². The van der Waals surface area contributed by atoms with Crippen LogP contribution in [0.25, 0.3) is 0 Å². The largest absolute Gasteiger partial charge is 0.465 e. The van der Waals surface area contributed by atoms with Crippen LogP contribution in [-0.2, 0) is 9.59 Å². The fourth-order valence-electron chi connectivity index (χ4n) is 2.96. The Balaban J connectivity index is 0.000000343. The van der Waals surface area contributed by atoms with E-state index in [0.29, 0.717) is 31.1 Å². The van der Waals surface area contributed by atoms with Crippen molar-refractivity contribution in [3.05, 3.63) is 24.3 Å². The van der Waals surface area contributed by atoms with Crippen molar-refractivity contribution in [2.45, 2.75) is 46.4 Å². The molecular weight excluding hydrogens is 426 g/mol. The van der Waals surface area contributed by atoms with Crippen LogP contribution in [0.15, 0.2) is 24.3 Å². The lowest BCUT2D eigenvalue weighted by Crippen LogP contribution is -2.53. The van der Waals surface area contributed by atoms with Gasteiger partial charge >= 0.3 is 12.7 Å². The molecule has 1 fully saturated rings. The third-order valence-electron chi connectivity index (χ3n) is 5.04. The minimum absolute atomic E-state index is 0.0229. The molecular formula is C21H32F2N4O5. The van der Waals surface area contributed by atoms with E-state index >= 15 is 0 Å². The monoisotopic (exact) mass is 458 g/mol. The molecule has 1 unspecified atom stereocenters. The lowest BCUT2D eigenvalue weighted by Gasteiger charge is -2.34. The molecule has 1 aromatic rings. The summed E-state index contributed by atoms with van der Waals surface area (Å²) < 4.78 is 27.4. The average Bonchev–Trinajstić information content (AvgIpc) is 2.73. The molecule has 3 amide bonds. The van der Waals surface area contributed by atoms with Crippen LogP contribution in [0.1, 0.15) is 33.6 Å². The van der Waals surface area contributed by atoms with Crippen LogP contribution < -0.4 is 15.8 Å². The Morgan fingerprint density at radius 2 is 1.84 bits per heavy atom. The molecule has 11 heteroatoms. The van der Waals surface area contributed by atoms with E-state index < -0.39 is 18.9 Å². The van der Waals surface area contributed by atoms with E-state index in [1.54, 1.807) is 4.90 Å². The van der Waals surface area contributed by atoms with Crippen LogP contribution in [0.5, 0.6) is 5.75 Å². The Morgan fingerprint density at radius 3 is 2.28 bits per heavy atom. The second-order valence-corrected chi connectivity index (χ2v) is 7.87. The molecule has 1 aliphatic rings. The number of alkyl halides is 2. The van der Waals surface area contributed by atoms with Crippen molar-refractivity contribution in [3.8, 4) is 5.75 Å². The lowest BCUT2D eigenvalue weighted by molar-refractivity contribution is -0.134. The van der Waals surface area contributed by atoms with Gasteiger partial charge in [0.1, 0.15) is 12.3 Å². The smallest absolute Gasteiger partial charge is 0.409 e. The number of ether oxygens (including phenoxy) is 1. The van der Waals surface area contributed by atoms with Gasteiger partial charge in [-0.3, -0.25) is 14.5 Å². The first-order valence-electron chi connectivity index (χ1n) is 10.3. The zero-order chi connectivity index (χ0) is 24.3. The molecule has 1 heterocycles. The Kier molecular flexibility index (Phi) is 11.4. The number of amides is 3. The van der Waals surface area contributed by atoms with Gasteiger partial charge in [-0.05, 0) is 48.9 Å². The predicted octanol–water partition coefficient (Wildman–Crippen LogP) is 3.02. The van der Waals surface area contributed by atoms with Crippen LogP contribution in [0, 0.1) is 11.8 Å². The normalized spacial score (nSPS) is 14.9. The second kappa shape index (κ2) is 13.5. The molecule has 0 radical (unpaired) electrons. The lowest BCUT2D eigenvalue weighted by atomic mass is 9.99. The van der Waals surface area contributed by atoms with E-state index in [1.165, 1.54) is 24.3 Å². The number of nitrogens with one attached hydrogen (secondary N) is 1. The number of nitrogens with zero attached hydrogens (tertiary/aromatic N) is 2. The molecule has 32 heavy (non-hydrogen) atoms. The zero-order valence-corrected chi connectivity index (χ0v) is 18.5. The van der Waals surface area contributed by atoms with Gasteiger partial charge in [-0.2, -0.15) is 8.78 Å². The number of carboxylic acid groups (broad SMARTS) is 1. The van der Waals surface area contributed by atoms with Gasteiger partial charge in [-0.15, -0.1) is 0 Å². The molecule has 2 rings (SSSR count). The van der Waals surface area contributed by atoms with Gasteiger partial charge in [-0.1, -0.05) is 20.8 Å². The number of hydrogen-bond acceptors (Lipinski definition) is 5. The molecule has 0 aromatic heterocycles. The Morgan fingerprint density at radius 1 is 1.28 bits per heavy atom. The highest BCUT2D eigenvalue weighted by atomic mass is 19.3. The van der Waals surface area contributed by atoms with Crippen molar-refractivity contribution in [2.75, 3.05) is 25.0 Å². The van der Waals surface area contributed by atoms with Crippen molar-refractivity contribution in [3.63, 3.8) is 0 Å². The quantitative estimate of drug-likeness (QED) is 0.406. The maximum atomic E-state index is 12.1. The van der Waals surface area contributed by atoms with Crippen LogP contribution in [0.4, 0.5) is 19.3 Å². The SMILES string of the molecule is CC1CCN(C(=O)CN(C(=O)O)C(N)C(C)C)CC1.O=CNc1ccc(OC(F)F)cc1. The molecule has 0 aliphatic carbocycles.